The minimum absolute atomic E-state index is 0.0801. The van der Waals surface area contributed by atoms with Crippen molar-refractivity contribution in [2.45, 2.75) is 120 Å². The van der Waals surface area contributed by atoms with Crippen molar-refractivity contribution < 1.29 is 42.1 Å². The van der Waals surface area contributed by atoms with E-state index in [1.807, 2.05) is 75.4 Å². The quantitative estimate of drug-likeness (QED) is 0.120. The van der Waals surface area contributed by atoms with Crippen LogP contribution in [0.4, 0.5) is 0 Å². The van der Waals surface area contributed by atoms with Crippen LogP contribution in [0.1, 0.15) is 72.1 Å². The molecule has 2 aliphatic carbocycles. The number of likely N-dealkylation sites (tertiary alicyclic amines) is 2. The Labute approximate surface area is 357 Å². The number of carbonyl (C=O) groups is 3. The number of fused-ring (bicyclic) bond motifs is 1. The molecule has 8 unspecified atom stereocenters. The molecule has 0 radical (unpaired) electrons. The number of benzene rings is 2. The lowest BCUT2D eigenvalue weighted by Gasteiger charge is -2.42. The highest BCUT2D eigenvalue weighted by molar-refractivity contribution is 7.90. The molecular weight excluding hydrogens is 801 g/mol. The molecule has 9 atom stereocenters. The first kappa shape index (κ1) is 43.1. The van der Waals surface area contributed by atoms with Crippen LogP contribution in [0, 0.1) is 17.3 Å². The predicted octanol–water partition coefficient (Wildman–Crippen LogP) is 3.84. The van der Waals surface area contributed by atoms with Crippen LogP contribution in [-0.4, -0.2) is 114 Å². The number of nitrogens with two attached hydrogens (primary N) is 1. The van der Waals surface area contributed by atoms with Gasteiger partial charge in [-0.05, 0) is 56.1 Å². The zero-order valence-electron chi connectivity index (χ0n) is 35.3. The van der Waals surface area contributed by atoms with Gasteiger partial charge in [-0.25, -0.2) is 13.4 Å². The summed E-state index contributed by atoms with van der Waals surface area (Å²) in [5.41, 5.74) is 6.44. The third-order valence-electron chi connectivity index (χ3n) is 13.2. The number of epoxide rings is 1. The number of pyridine rings is 1. The average Bonchev–Trinajstić information content (AvgIpc) is 4.17. The average molecular weight is 859 g/mol. The molecule has 5 N–H and O–H groups in total. The van der Waals surface area contributed by atoms with Crippen molar-refractivity contribution in [3.63, 3.8) is 0 Å². The van der Waals surface area contributed by atoms with Gasteiger partial charge in [-0.15, -0.1) is 6.58 Å². The van der Waals surface area contributed by atoms with Gasteiger partial charge in [0.25, 0.3) is 0 Å². The standard InChI is InChI=1S/C45H58N6O9S/c1-6-27-24-45(27,39-42(60-39)49-61(56,57)30-16-17-30)48-41(54)36-21-29(59-37-23-33(26-12-8-7-9-13-26)47-34-20-28(58-5)15-18-31(34)37)25-51(36)43(55)32(44(2,3)4)22-38(52)50-19-11-10-14-35(50)40(46)53/h6-9,12-13,15,18,20,23,27,29-30,32,35-36,39,42-43,49,55H,1,10-11,14,16-17,19,21-22,24-25H2,2-5H3,(H2,46,53)(H,48,54)/t27?,29?,32?,35?,36-,39?,42?,43?,45?/m0/s1. The van der Waals surface area contributed by atoms with Crippen molar-refractivity contribution in [1.29, 1.82) is 0 Å². The summed E-state index contributed by atoms with van der Waals surface area (Å²) in [6.07, 6.45) is 2.33. The van der Waals surface area contributed by atoms with Gasteiger partial charge >= 0.3 is 0 Å². The van der Waals surface area contributed by atoms with E-state index >= 15 is 0 Å². The number of methoxy groups -OCH3 is 1. The number of ether oxygens (including phenoxy) is 3. The van der Waals surface area contributed by atoms with Crippen molar-refractivity contribution >= 4 is 38.6 Å². The molecule has 3 amide bonds. The molecule has 3 saturated heterocycles. The molecule has 3 aliphatic heterocycles. The van der Waals surface area contributed by atoms with E-state index in [-0.39, 0.29) is 37.1 Å². The number of nitrogens with zero attached hydrogens (tertiary/aromatic N) is 3. The van der Waals surface area contributed by atoms with E-state index in [0.29, 0.717) is 54.9 Å². The molecule has 3 aromatic rings. The Morgan fingerprint density at radius 1 is 1.10 bits per heavy atom. The van der Waals surface area contributed by atoms with Crippen LogP contribution in [0.25, 0.3) is 22.2 Å². The molecule has 1 aromatic heterocycles. The molecule has 4 heterocycles. The lowest BCUT2D eigenvalue weighted by atomic mass is 9.76. The smallest absolute Gasteiger partial charge is 0.240 e. The van der Waals surface area contributed by atoms with Crippen LogP contribution in [-0.2, 0) is 29.1 Å². The van der Waals surface area contributed by atoms with Crippen LogP contribution in [0.3, 0.4) is 0 Å². The Morgan fingerprint density at radius 2 is 1.85 bits per heavy atom. The second kappa shape index (κ2) is 16.6. The number of amides is 3. The Kier molecular flexibility index (Phi) is 11.7. The number of nitrogens with one attached hydrogen (secondary N) is 2. The van der Waals surface area contributed by atoms with Gasteiger partial charge < -0.3 is 35.3 Å². The fourth-order valence-electron chi connectivity index (χ4n) is 9.40. The number of hydrogen-bond donors (Lipinski definition) is 4. The van der Waals surface area contributed by atoms with Gasteiger partial charge in [-0.3, -0.25) is 19.3 Å². The largest absolute Gasteiger partial charge is 0.497 e. The molecule has 2 aromatic carbocycles. The van der Waals surface area contributed by atoms with Gasteiger partial charge in [0.15, 0.2) is 0 Å². The second-order valence-electron chi connectivity index (χ2n) is 18.4. The molecule has 5 fully saturated rings. The molecule has 8 rings (SSSR count). The highest BCUT2D eigenvalue weighted by Crippen LogP contribution is 2.54. The fraction of sp³-hybridized carbons (Fsp3) is 0.556. The van der Waals surface area contributed by atoms with Gasteiger partial charge in [0.2, 0.25) is 27.7 Å². The third-order valence-corrected chi connectivity index (χ3v) is 15.2. The SMILES string of the molecule is C=CC1CC1(NC(=O)[C@@H]1CC(Oc2cc(-c3ccccc3)nc3cc(OC)ccc23)CN1C(O)C(CC(=O)N1CCCCC1C(N)=O)C(C)(C)C)C1OC1NS(=O)(=O)C1CC1. The highest BCUT2D eigenvalue weighted by Gasteiger charge is 2.69. The Balaban J connectivity index is 1.10. The van der Waals surface area contributed by atoms with E-state index in [0.717, 1.165) is 23.8 Å². The van der Waals surface area contributed by atoms with E-state index in [1.165, 1.54) is 0 Å². The normalized spacial score (nSPS) is 28.8. The molecule has 0 bridgehead atoms. The first-order valence-electron chi connectivity index (χ1n) is 21.4. The van der Waals surface area contributed by atoms with E-state index in [4.69, 9.17) is 24.9 Å². The summed E-state index contributed by atoms with van der Waals surface area (Å²) in [5, 5.41) is 16.1. The number of aromatic nitrogens is 1. The molecular formula is C45H58N6O9S. The molecule has 61 heavy (non-hydrogen) atoms. The number of rotatable bonds is 16. The number of piperidine rings is 1. The van der Waals surface area contributed by atoms with Crippen LogP contribution < -0.4 is 25.2 Å². The summed E-state index contributed by atoms with van der Waals surface area (Å²) in [4.78, 5) is 49.4. The zero-order valence-corrected chi connectivity index (χ0v) is 36.1. The topological polar surface area (TPSA) is 206 Å². The van der Waals surface area contributed by atoms with Crippen LogP contribution in [0.2, 0.25) is 0 Å². The monoisotopic (exact) mass is 858 g/mol. The number of hydrogen-bond acceptors (Lipinski definition) is 11. The maximum absolute atomic E-state index is 14.8. The fourth-order valence-corrected chi connectivity index (χ4v) is 10.9. The molecule has 15 nitrogen and oxygen atoms in total. The summed E-state index contributed by atoms with van der Waals surface area (Å²) < 4.78 is 46.6. The first-order valence-corrected chi connectivity index (χ1v) is 22.9. The van der Waals surface area contributed by atoms with Gasteiger partial charge in [0.05, 0.1) is 35.2 Å². The van der Waals surface area contributed by atoms with Crippen molar-refractivity contribution in [2.75, 3.05) is 20.2 Å². The molecule has 16 heteroatoms. The Morgan fingerprint density at radius 3 is 2.51 bits per heavy atom. The first-order chi connectivity index (χ1) is 29.0. The van der Waals surface area contributed by atoms with Crippen molar-refractivity contribution in [3.8, 4) is 22.8 Å². The van der Waals surface area contributed by atoms with Crippen LogP contribution in [0.15, 0.2) is 67.3 Å². The third kappa shape index (κ3) is 8.87. The highest BCUT2D eigenvalue weighted by atomic mass is 32.2. The van der Waals surface area contributed by atoms with Crippen LogP contribution in [0.5, 0.6) is 11.5 Å². The lowest BCUT2D eigenvalue weighted by molar-refractivity contribution is -0.149. The van der Waals surface area contributed by atoms with E-state index in [1.54, 1.807) is 23.0 Å². The maximum atomic E-state index is 14.8. The zero-order chi connectivity index (χ0) is 43.4. The number of primary amides is 1. The minimum atomic E-state index is -3.54. The number of carbonyl (C=O) groups excluding carboxylic acids is 3. The van der Waals surface area contributed by atoms with Crippen LogP contribution >= 0.6 is 0 Å². The number of aliphatic hydroxyl groups excluding tert-OH is 1. The maximum Gasteiger partial charge on any atom is 0.240 e. The Bertz CT molecular complexity index is 2280. The number of aliphatic hydroxyl groups is 1. The van der Waals surface area contributed by atoms with E-state index in [2.05, 4.69) is 16.6 Å². The molecule has 5 aliphatic rings. The van der Waals surface area contributed by atoms with Gasteiger partial charge in [-0.2, -0.15) is 4.72 Å². The molecule has 0 spiro atoms. The van der Waals surface area contributed by atoms with Crippen molar-refractivity contribution in [3.05, 3.63) is 67.3 Å². The van der Waals surface area contributed by atoms with Gasteiger partial charge in [0, 0.05) is 60.8 Å². The molecule has 328 valence electrons. The van der Waals surface area contributed by atoms with Gasteiger partial charge in [0.1, 0.15) is 42.2 Å². The summed E-state index contributed by atoms with van der Waals surface area (Å²) in [5.74, 6) is -0.879. The Hall–Kier alpha value is -4.61. The van der Waals surface area contributed by atoms with E-state index in [9.17, 15) is 27.9 Å². The van der Waals surface area contributed by atoms with Gasteiger partial charge in [-0.1, -0.05) is 57.2 Å². The summed E-state index contributed by atoms with van der Waals surface area (Å²) in [6.45, 7) is 10.3. The lowest BCUT2D eigenvalue weighted by Crippen LogP contribution is -2.57. The van der Waals surface area contributed by atoms with E-state index < -0.39 is 74.8 Å². The minimum Gasteiger partial charge on any atom is -0.497 e. The second-order valence-corrected chi connectivity index (χ2v) is 20.4. The summed E-state index contributed by atoms with van der Waals surface area (Å²) in [7, 11) is -1.95. The predicted molar refractivity (Wildman–Crippen MR) is 228 cm³/mol. The molecule has 2 saturated carbocycles. The number of sulfonamides is 1. The van der Waals surface area contributed by atoms with Crippen molar-refractivity contribution in [1.82, 2.24) is 24.8 Å². The summed E-state index contributed by atoms with van der Waals surface area (Å²) >= 11 is 0. The summed E-state index contributed by atoms with van der Waals surface area (Å²) in [6, 6.07) is 15.5. The van der Waals surface area contributed by atoms with Crippen molar-refractivity contribution in [2.24, 2.45) is 23.0 Å².